The van der Waals surface area contributed by atoms with Crippen LogP contribution in [0, 0.1) is 11.6 Å². The summed E-state index contributed by atoms with van der Waals surface area (Å²) >= 11 is 0. The molecule has 2 aromatic rings. The van der Waals surface area contributed by atoms with Crippen LogP contribution in [0.4, 0.5) is 8.78 Å². The van der Waals surface area contributed by atoms with Crippen LogP contribution in [0.3, 0.4) is 0 Å². The SMILES string of the molecule is CCCC[C@H](N)C(=O)N(Cc1ccccc1)C(=O)[C@H](C)NC(=O)Cc1cc(F)cc(F)c1. The summed E-state index contributed by atoms with van der Waals surface area (Å²) in [6.45, 7) is 3.45. The molecule has 0 aliphatic rings. The molecule has 8 heteroatoms. The molecule has 2 rings (SSSR count). The van der Waals surface area contributed by atoms with Crippen LogP contribution >= 0.6 is 0 Å². The molecule has 0 unspecified atom stereocenters. The van der Waals surface area contributed by atoms with Gasteiger partial charge in [0.2, 0.25) is 11.8 Å². The van der Waals surface area contributed by atoms with Gasteiger partial charge in [0.1, 0.15) is 17.7 Å². The maximum absolute atomic E-state index is 13.4. The third-order valence-electron chi connectivity index (χ3n) is 4.94. The first-order valence-corrected chi connectivity index (χ1v) is 10.6. The molecule has 0 radical (unpaired) electrons. The molecule has 3 N–H and O–H groups in total. The summed E-state index contributed by atoms with van der Waals surface area (Å²) in [5.41, 5.74) is 6.90. The highest BCUT2D eigenvalue weighted by atomic mass is 19.1. The Morgan fingerprint density at radius 1 is 1.00 bits per heavy atom. The van der Waals surface area contributed by atoms with Gasteiger partial charge in [-0.1, -0.05) is 50.1 Å². The first-order chi connectivity index (χ1) is 15.2. The molecule has 0 aliphatic carbocycles. The zero-order valence-corrected chi connectivity index (χ0v) is 18.3. The lowest BCUT2D eigenvalue weighted by atomic mass is 10.1. The van der Waals surface area contributed by atoms with Crippen molar-refractivity contribution in [1.82, 2.24) is 10.2 Å². The number of halogens is 2. The molecule has 6 nitrogen and oxygen atoms in total. The van der Waals surface area contributed by atoms with Gasteiger partial charge in [-0.05, 0) is 36.6 Å². The van der Waals surface area contributed by atoms with Gasteiger partial charge in [-0.2, -0.15) is 0 Å². The van der Waals surface area contributed by atoms with Gasteiger partial charge in [0, 0.05) is 6.07 Å². The molecular weight excluding hydrogens is 416 g/mol. The lowest BCUT2D eigenvalue weighted by molar-refractivity contribution is -0.148. The van der Waals surface area contributed by atoms with Crippen molar-refractivity contribution < 1.29 is 23.2 Å². The van der Waals surface area contributed by atoms with Crippen LogP contribution in [0.15, 0.2) is 48.5 Å². The maximum atomic E-state index is 13.4. The normalized spacial score (nSPS) is 12.7. The molecule has 0 aliphatic heterocycles. The number of carbonyl (C=O) groups excluding carboxylic acids is 3. The summed E-state index contributed by atoms with van der Waals surface area (Å²) in [5.74, 6) is -3.31. The number of nitrogens with one attached hydrogen (secondary N) is 1. The van der Waals surface area contributed by atoms with Crippen LogP contribution in [0.2, 0.25) is 0 Å². The fraction of sp³-hybridized carbons (Fsp3) is 0.375. The Balaban J connectivity index is 2.12. The second-order valence-electron chi connectivity index (χ2n) is 7.74. The van der Waals surface area contributed by atoms with E-state index in [0.29, 0.717) is 12.5 Å². The second kappa shape index (κ2) is 12.0. The topological polar surface area (TPSA) is 92.5 Å². The van der Waals surface area contributed by atoms with E-state index in [1.54, 1.807) is 24.3 Å². The molecule has 172 valence electrons. The largest absolute Gasteiger partial charge is 0.344 e. The van der Waals surface area contributed by atoms with Crippen molar-refractivity contribution in [2.75, 3.05) is 0 Å². The first kappa shape index (κ1) is 25.1. The number of rotatable bonds is 10. The van der Waals surface area contributed by atoms with Crippen molar-refractivity contribution in [2.24, 2.45) is 5.73 Å². The molecule has 2 aromatic carbocycles. The van der Waals surface area contributed by atoms with Gasteiger partial charge in [0.05, 0.1) is 19.0 Å². The van der Waals surface area contributed by atoms with Gasteiger partial charge in [-0.15, -0.1) is 0 Å². The van der Waals surface area contributed by atoms with Crippen molar-refractivity contribution in [3.63, 3.8) is 0 Å². The third kappa shape index (κ3) is 7.53. The van der Waals surface area contributed by atoms with E-state index in [1.165, 1.54) is 6.92 Å². The third-order valence-corrected chi connectivity index (χ3v) is 4.94. The highest BCUT2D eigenvalue weighted by Gasteiger charge is 2.30. The minimum atomic E-state index is -1.04. The molecule has 0 spiro atoms. The Labute approximate surface area is 186 Å². The molecule has 0 fully saturated rings. The van der Waals surface area contributed by atoms with Gasteiger partial charge in [0.25, 0.3) is 5.91 Å². The van der Waals surface area contributed by atoms with Crippen molar-refractivity contribution in [3.05, 3.63) is 71.3 Å². The van der Waals surface area contributed by atoms with E-state index in [-0.39, 0.29) is 18.5 Å². The van der Waals surface area contributed by atoms with E-state index in [4.69, 9.17) is 5.73 Å². The summed E-state index contributed by atoms with van der Waals surface area (Å²) < 4.78 is 26.7. The molecule has 0 saturated heterocycles. The number of carbonyl (C=O) groups is 3. The van der Waals surface area contributed by atoms with E-state index >= 15 is 0 Å². The number of hydrogen-bond donors (Lipinski definition) is 2. The molecule has 32 heavy (non-hydrogen) atoms. The van der Waals surface area contributed by atoms with Crippen LogP contribution in [0.1, 0.15) is 44.2 Å². The highest BCUT2D eigenvalue weighted by molar-refractivity contribution is 6.01. The summed E-state index contributed by atoms with van der Waals surface area (Å²) in [4.78, 5) is 39.4. The minimum absolute atomic E-state index is 0.0215. The second-order valence-corrected chi connectivity index (χ2v) is 7.74. The average Bonchev–Trinajstić information content (AvgIpc) is 2.74. The zero-order valence-electron chi connectivity index (χ0n) is 18.3. The Morgan fingerprint density at radius 3 is 2.22 bits per heavy atom. The lowest BCUT2D eigenvalue weighted by Gasteiger charge is -2.27. The lowest BCUT2D eigenvalue weighted by Crippen LogP contribution is -2.53. The minimum Gasteiger partial charge on any atom is -0.344 e. The summed E-state index contributed by atoms with van der Waals surface area (Å²) in [6.07, 6.45) is 1.74. The number of hydrogen-bond acceptors (Lipinski definition) is 4. The van der Waals surface area contributed by atoms with Crippen molar-refractivity contribution in [1.29, 1.82) is 0 Å². The van der Waals surface area contributed by atoms with E-state index in [2.05, 4.69) is 5.32 Å². The highest BCUT2D eigenvalue weighted by Crippen LogP contribution is 2.12. The van der Waals surface area contributed by atoms with Crippen LogP contribution < -0.4 is 11.1 Å². The molecular formula is C24H29F2N3O3. The summed E-state index contributed by atoms with van der Waals surface area (Å²) in [6, 6.07) is 9.92. The van der Waals surface area contributed by atoms with E-state index in [0.717, 1.165) is 35.4 Å². The predicted octanol–water partition coefficient (Wildman–Crippen LogP) is 3.08. The predicted molar refractivity (Wildman–Crippen MR) is 117 cm³/mol. The van der Waals surface area contributed by atoms with E-state index in [1.807, 2.05) is 13.0 Å². The van der Waals surface area contributed by atoms with Gasteiger partial charge in [0.15, 0.2) is 0 Å². The molecule has 3 amide bonds. The fourth-order valence-electron chi connectivity index (χ4n) is 3.26. The fourth-order valence-corrected chi connectivity index (χ4v) is 3.26. The van der Waals surface area contributed by atoms with Gasteiger partial charge in [-0.3, -0.25) is 19.3 Å². The van der Waals surface area contributed by atoms with Gasteiger partial charge >= 0.3 is 0 Å². The van der Waals surface area contributed by atoms with E-state index < -0.39 is 41.4 Å². The first-order valence-electron chi connectivity index (χ1n) is 10.6. The Morgan fingerprint density at radius 2 is 1.62 bits per heavy atom. The van der Waals surface area contributed by atoms with Crippen LogP contribution in [-0.2, 0) is 27.3 Å². The number of amides is 3. The molecule has 0 bridgehead atoms. The average molecular weight is 446 g/mol. The number of nitrogens with two attached hydrogens (primary N) is 1. The van der Waals surface area contributed by atoms with Gasteiger partial charge in [-0.25, -0.2) is 8.78 Å². The molecule has 2 atom stereocenters. The quantitative estimate of drug-likeness (QED) is 0.588. The van der Waals surface area contributed by atoms with Crippen LogP contribution in [-0.4, -0.2) is 34.7 Å². The number of nitrogens with zero attached hydrogens (tertiary/aromatic N) is 1. The number of unbranched alkanes of at least 4 members (excludes halogenated alkanes) is 1. The van der Waals surface area contributed by atoms with Crippen molar-refractivity contribution in [2.45, 2.75) is 58.2 Å². The Kier molecular flexibility index (Phi) is 9.46. The van der Waals surface area contributed by atoms with Crippen LogP contribution in [0.25, 0.3) is 0 Å². The number of benzene rings is 2. The Hall–Kier alpha value is -3.13. The monoisotopic (exact) mass is 445 g/mol. The van der Waals surface area contributed by atoms with Crippen molar-refractivity contribution >= 4 is 17.7 Å². The molecule has 0 saturated carbocycles. The molecule has 0 heterocycles. The summed E-state index contributed by atoms with van der Waals surface area (Å²) in [7, 11) is 0. The Bertz CT molecular complexity index is 917. The maximum Gasteiger partial charge on any atom is 0.251 e. The standard InChI is InChI=1S/C24H29F2N3O3/c1-3-4-10-21(27)24(32)29(15-17-8-6-5-7-9-17)23(31)16(2)28-22(30)13-18-11-19(25)14-20(26)12-18/h5-9,11-12,14,16,21H,3-4,10,13,15,27H2,1-2H3,(H,28,30)/t16-,21-/m0/s1. The number of imide groups is 1. The molecule has 0 aromatic heterocycles. The van der Waals surface area contributed by atoms with Crippen molar-refractivity contribution in [3.8, 4) is 0 Å². The van der Waals surface area contributed by atoms with Crippen LogP contribution in [0.5, 0.6) is 0 Å². The zero-order chi connectivity index (χ0) is 23.7. The van der Waals surface area contributed by atoms with E-state index in [9.17, 15) is 23.2 Å². The van der Waals surface area contributed by atoms with Gasteiger partial charge < -0.3 is 11.1 Å². The smallest absolute Gasteiger partial charge is 0.251 e. The summed E-state index contributed by atoms with van der Waals surface area (Å²) in [5, 5.41) is 2.50.